The van der Waals surface area contributed by atoms with Crippen LogP contribution >= 0.6 is 23.2 Å². The second-order valence-electron chi connectivity index (χ2n) is 4.06. The third-order valence-electron chi connectivity index (χ3n) is 2.46. The lowest BCUT2D eigenvalue weighted by molar-refractivity contribution is 0.176. The quantitative estimate of drug-likeness (QED) is 0.918. The molecule has 1 heterocycles. The molecule has 0 saturated heterocycles. The van der Waals surface area contributed by atoms with Crippen molar-refractivity contribution >= 4 is 23.2 Å². The molecule has 0 amide bonds. The average molecular weight is 302 g/mol. The number of nitrogens with two attached hydrogens (primary N) is 1. The van der Waals surface area contributed by atoms with Gasteiger partial charge in [0, 0.05) is 25.1 Å². The van der Waals surface area contributed by atoms with E-state index in [1.807, 2.05) is 0 Å². The van der Waals surface area contributed by atoms with Gasteiger partial charge in [0.25, 0.3) is 0 Å². The fourth-order valence-corrected chi connectivity index (χ4v) is 1.89. The van der Waals surface area contributed by atoms with Crippen molar-refractivity contribution in [1.29, 1.82) is 0 Å². The summed E-state index contributed by atoms with van der Waals surface area (Å²) in [5.74, 6) is 0.920. The van der Waals surface area contributed by atoms with Crippen LogP contribution in [0.3, 0.4) is 0 Å². The van der Waals surface area contributed by atoms with Crippen molar-refractivity contribution in [1.82, 2.24) is 10.1 Å². The predicted molar refractivity (Wildman–Crippen MR) is 73.3 cm³/mol. The summed E-state index contributed by atoms with van der Waals surface area (Å²) in [5.41, 5.74) is 6.56. The molecule has 0 bridgehead atoms. The number of halogens is 2. The monoisotopic (exact) mass is 301 g/mol. The van der Waals surface area contributed by atoms with Crippen molar-refractivity contribution < 1.29 is 9.26 Å². The number of benzene rings is 1. The average Bonchev–Trinajstić information content (AvgIpc) is 2.81. The second-order valence-corrected chi connectivity index (χ2v) is 4.87. The molecule has 0 aliphatic rings. The first kappa shape index (κ1) is 14.3. The highest BCUT2D eigenvalue weighted by atomic mass is 35.5. The molecule has 0 aliphatic carbocycles. The zero-order valence-corrected chi connectivity index (χ0v) is 11.8. The van der Waals surface area contributed by atoms with Gasteiger partial charge in [0.1, 0.15) is 0 Å². The third-order valence-corrected chi connectivity index (χ3v) is 3.20. The molecular formula is C12H13Cl2N3O2. The Kier molecular flexibility index (Phi) is 4.76. The van der Waals surface area contributed by atoms with Gasteiger partial charge >= 0.3 is 0 Å². The standard InChI is InChI=1S/C12H13Cl2N3O2/c1-18-6-8(15)5-11-16-12(17-19-11)7-2-3-9(13)10(14)4-7/h2-4,8H,5-6,15H2,1H3. The molecule has 7 heteroatoms. The zero-order chi connectivity index (χ0) is 13.8. The molecule has 5 nitrogen and oxygen atoms in total. The molecule has 1 unspecified atom stereocenters. The Labute approximate surface area is 120 Å². The number of hydrogen-bond acceptors (Lipinski definition) is 5. The van der Waals surface area contributed by atoms with E-state index in [-0.39, 0.29) is 6.04 Å². The number of methoxy groups -OCH3 is 1. The van der Waals surface area contributed by atoms with Crippen molar-refractivity contribution in [2.45, 2.75) is 12.5 Å². The Morgan fingerprint density at radius 3 is 2.84 bits per heavy atom. The minimum atomic E-state index is -0.174. The van der Waals surface area contributed by atoms with Gasteiger partial charge in [-0.2, -0.15) is 4.98 Å². The van der Waals surface area contributed by atoms with Crippen LogP contribution < -0.4 is 5.73 Å². The molecule has 2 aromatic rings. The zero-order valence-electron chi connectivity index (χ0n) is 10.3. The van der Waals surface area contributed by atoms with Gasteiger partial charge in [0.2, 0.25) is 11.7 Å². The van der Waals surface area contributed by atoms with Crippen LogP contribution in [0.2, 0.25) is 10.0 Å². The molecule has 1 aromatic carbocycles. The van der Waals surface area contributed by atoms with Crippen LogP contribution in [0.25, 0.3) is 11.4 Å². The first-order valence-corrected chi connectivity index (χ1v) is 6.38. The summed E-state index contributed by atoms with van der Waals surface area (Å²) in [6.45, 7) is 0.435. The van der Waals surface area contributed by atoms with Crippen molar-refractivity contribution in [3.63, 3.8) is 0 Å². The van der Waals surface area contributed by atoms with E-state index in [4.69, 9.17) is 38.2 Å². The fraction of sp³-hybridized carbons (Fsp3) is 0.333. The molecule has 0 aliphatic heterocycles. The normalized spacial score (nSPS) is 12.6. The summed E-state index contributed by atoms with van der Waals surface area (Å²) >= 11 is 11.8. The number of hydrogen-bond donors (Lipinski definition) is 1. The van der Waals surface area contributed by atoms with Crippen molar-refractivity contribution in [3.05, 3.63) is 34.1 Å². The van der Waals surface area contributed by atoms with E-state index in [2.05, 4.69) is 10.1 Å². The van der Waals surface area contributed by atoms with Gasteiger partial charge in [-0.25, -0.2) is 0 Å². The van der Waals surface area contributed by atoms with E-state index in [1.165, 1.54) is 0 Å². The van der Waals surface area contributed by atoms with Crippen molar-refractivity contribution in [3.8, 4) is 11.4 Å². The van der Waals surface area contributed by atoms with E-state index in [0.29, 0.717) is 34.8 Å². The highest BCUT2D eigenvalue weighted by Crippen LogP contribution is 2.27. The SMILES string of the molecule is COCC(N)Cc1nc(-c2ccc(Cl)c(Cl)c2)no1. The van der Waals surface area contributed by atoms with Crippen LogP contribution in [0.1, 0.15) is 5.89 Å². The van der Waals surface area contributed by atoms with Gasteiger partial charge in [-0.1, -0.05) is 28.4 Å². The Balaban J connectivity index is 2.14. The highest BCUT2D eigenvalue weighted by Gasteiger charge is 2.13. The van der Waals surface area contributed by atoms with Crippen LogP contribution in [0.15, 0.2) is 22.7 Å². The number of nitrogens with zero attached hydrogens (tertiary/aromatic N) is 2. The van der Waals surface area contributed by atoms with E-state index < -0.39 is 0 Å². The van der Waals surface area contributed by atoms with E-state index in [9.17, 15) is 0 Å². The summed E-state index contributed by atoms with van der Waals surface area (Å²) in [4.78, 5) is 4.26. The van der Waals surface area contributed by atoms with Gasteiger partial charge in [0.05, 0.1) is 16.7 Å². The molecule has 102 valence electrons. The molecule has 0 spiro atoms. The fourth-order valence-electron chi connectivity index (χ4n) is 1.59. The van der Waals surface area contributed by atoms with Crippen LogP contribution in [0, 0.1) is 0 Å². The lowest BCUT2D eigenvalue weighted by Crippen LogP contribution is -2.28. The maximum Gasteiger partial charge on any atom is 0.228 e. The van der Waals surface area contributed by atoms with Gasteiger partial charge in [-0.15, -0.1) is 0 Å². The largest absolute Gasteiger partial charge is 0.383 e. The second kappa shape index (κ2) is 6.34. The van der Waals surface area contributed by atoms with Gasteiger partial charge < -0.3 is 15.0 Å². The minimum Gasteiger partial charge on any atom is -0.383 e. The predicted octanol–water partition coefficient (Wildman–Crippen LogP) is 2.56. The highest BCUT2D eigenvalue weighted by molar-refractivity contribution is 6.42. The van der Waals surface area contributed by atoms with Crippen LogP contribution in [0.5, 0.6) is 0 Å². The van der Waals surface area contributed by atoms with E-state index >= 15 is 0 Å². The number of ether oxygens (including phenoxy) is 1. The summed E-state index contributed by atoms with van der Waals surface area (Å²) in [6, 6.07) is 4.98. The maximum absolute atomic E-state index is 5.94. The molecule has 2 N–H and O–H groups in total. The summed E-state index contributed by atoms with van der Waals surface area (Å²) in [6.07, 6.45) is 0.460. The molecule has 1 atom stereocenters. The molecule has 19 heavy (non-hydrogen) atoms. The molecule has 0 saturated carbocycles. The topological polar surface area (TPSA) is 74.2 Å². The van der Waals surface area contributed by atoms with Crippen LogP contribution in [-0.4, -0.2) is 29.9 Å². The molecule has 1 aromatic heterocycles. The van der Waals surface area contributed by atoms with Crippen molar-refractivity contribution in [2.75, 3.05) is 13.7 Å². The Morgan fingerprint density at radius 2 is 2.16 bits per heavy atom. The molecule has 0 radical (unpaired) electrons. The summed E-state index contributed by atoms with van der Waals surface area (Å²) in [7, 11) is 1.59. The Hall–Kier alpha value is -1.14. The number of aromatic nitrogens is 2. The maximum atomic E-state index is 5.94. The molecule has 0 fully saturated rings. The molecular weight excluding hydrogens is 289 g/mol. The third kappa shape index (κ3) is 3.67. The van der Waals surface area contributed by atoms with Gasteiger partial charge in [-0.05, 0) is 18.2 Å². The first-order valence-electron chi connectivity index (χ1n) is 5.62. The number of rotatable bonds is 5. The van der Waals surface area contributed by atoms with Gasteiger partial charge in [0.15, 0.2) is 0 Å². The summed E-state index contributed by atoms with van der Waals surface area (Å²) in [5, 5.41) is 4.81. The van der Waals surface area contributed by atoms with E-state index in [1.54, 1.807) is 25.3 Å². The van der Waals surface area contributed by atoms with Crippen molar-refractivity contribution in [2.24, 2.45) is 5.73 Å². The van der Waals surface area contributed by atoms with Gasteiger partial charge in [-0.3, -0.25) is 0 Å². The Morgan fingerprint density at radius 1 is 1.37 bits per heavy atom. The van der Waals surface area contributed by atoms with Crippen LogP contribution in [-0.2, 0) is 11.2 Å². The lowest BCUT2D eigenvalue weighted by atomic mass is 10.2. The molecule has 2 rings (SSSR count). The lowest BCUT2D eigenvalue weighted by Gasteiger charge is -2.05. The summed E-state index contributed by atoms with van der Waals surface area (Å²) < 4.78 is 10.1. The van der Waals surface area contributed by atoms with E-state index in [0.717, 1.165) is 5.56 Å². The minimum absolute atomic E-state index is 0.174. The smallest absolute Gasteiger partial charge is 0.228 e. The van der Waals surface area contributed by atoms with Crippen LogP contribution in [0.4, 0.5) is 0 Å². The Bertz CT molecular complexity index is 560. The first-order chi connectivity index (χ1) is 9.10.